The molecular weight excluding hydrogens is 420 g/mol. The van der Waals surface area contributed by atoms with Gasteiger partial charge < -0.3 is 19.7 Å². The number of carbonyl (C=O) groups is 3. The molecule has 9 nitrogen and oxygen atoms in total. The second kappa shape index (κ2) is 9.51. The average Bonchev–Trinajstić information content (AvgIpc) is 3.28. The van der Waals surface area contributed by atoms with Crippen molar-refractivity contribution in [2.75, 3.05) is 25.1 Å². The molecule has 3 rings (SSSR count). The van der Waals surface area contributed by atoms with Crippen molar-refractivity contribution in [2.45, 2.75) is 53.6 Å². The molecule has 0 radical (unpaired) electrons. The van der Waals surface area contributed by atoms with Crippen molar-refractivity contribution in [1.82, 2.24) is 14.7 Å². The molecule has 2 aromatic heterocycles. The number of hydrogen-bond acceptors (Lipinski definition) is 7. The number of nitrogens with zero attached hydrogens (tertiary/aromatic N) is 3. The van der Waals surface area contributed by atoms with Crippen molar-refractivity contribution in [3.63, 3.8) is 0 Å². The Labute approximate surface area is 185 Å². The summed E-state index contributed by atoms with van der Waals surface area (Å²) in [6, 6.07) is 1.73. The van der Waals surface area contributed by atoms with E-state index in [1.165, 1.54) is 11.3 Å². The quantitative estimate of drug-likeness (QED) is 0.675. The van der Waals surface area contributed by atoms with Crippen LogP contribution in [0.5, 0.6) is 0 Å². The maximum absolute atomic E-state index is 13.1. The number of ether oxygens (including phenoxy) is 2. The van der Waals surface area contributed by atoms with Crippen LogP contribution in [0.3, 0.4) is 0 Å². The van der Waals surface area contributed by atoms with Crippen LogP contribution >= 0.6 is 11.3 Å². The standard InChI is InChI=1S/C21H28N4O5S/c1-6-29-20(27)17-14-8-9-24(21(28)30-7-2)11-16(14)31-19(17)22-18(26)15-10-13(5)23-25(15)12(3)4/h10,12H,6-9,11H2,1-5H3,(H,22,26). The molecule has 1 aliphatic rings. The largest absolute Gasteiger partial charge is 0.462 e. The van der Waals surface area contributed by atoms with Gasteiger partial charge in [-0.25, -0.2) is 9.59 Å². The highest BCUT2D eigenvalue weighted by Gasteiger charge is 2.32. The predicted octanol–water partition coefficient (Wildman–Crippen LogP) is 3.78. The van der Waals surface area contributed by atoms with Crippen LogP contribution in [0.25, 0.3) is 0 Å². The minimum absolute atomic E-state index is 0.00801. The Morgan fingerprint density at radius 2 is 1.94 bits per heavy atom. The number of anilines is 1. The molecule has 0 fully saturated rings. The van der Waals surface area contributed by atoms with Gasteiger partial charge in [-0.15, -0.1) is 11.3 Å². The van der Waals surface area contributed by atoms with Crippen molar-refractivity contribution in [3.8, 4) is 0 Å². The molecular formula is C21H28N4O5S. The van der Waals surface area contributed by atoms with Gasteiger partial charge in [-0.2, -0.15) is 5.10 Å². The first kappa shape index (κ1) is 22.8. The van der Waals surface area contributed by atoms with Crippen LogP contribution in [0.15, 0.2) is 6.07 Å². The molecule has 0 saturated heterocycles. The third kappa shape index (κ3) is 4.73. The maximum atomic E-state index is 13.1. The van der Waals surface area contributed by atoms with Gasteiger partial charge in [0.25, 0.3) is 5.91 Å². The molecule has 3 heterocycles. The van der Waals surface area contributed by atoms with E-state index in [1.807, 2.05) is 20.8 Å². The Bertz CT molecular complexity index is 994. The summed E-state index contributed by atoms with van der Waals surface area (Å²) < 4.78 is 12.0. The molecule has 168 valence electrons. The molecule has 0 spiro atoms. The van der Waals surface area contributed by atoms with E-state index in [2.05, 4.69) is 10.4 Å². The number of esters is 1. The van der Waals surface area contributed by atoms with Crippen molar-refractivity contribution < 1.29 is 23.9 Å². The van der Waals surface area contributed by atoms with Crippen LogP contribution in [-0.4, -0.2) is 52.4 Å². The number of aryl methyl sites for hydroxylation is 1. The van der Waals surface area contributed by atoms with Crippen LogP contribution in [0.1, 0.15) is 70.7 Å². The summed E-state index contributed by atoms with van der Waals surface area (Å²) in [4.78, 5) is 40.4. The monoisotopic (exact) mass is 448 g/mol. The van der Waals surface area contributed by atoms with E-state index in [9.17, 15) is 14.4 Å². The molecule has 0 atom stereocenters. The van der Waals surface area contributed by atoms with Gasteiger partial charge in [0.2, 0.25) is 0 Å². The highest BCUT2D eigenvalue weighted by atomic mass is 32.1. The van der Waals surface area contributed by atoms with Gasteiger partial charge in [0.1, 0.15) is 10.7 Å². The molecule has 0 saturated carbocycles. The molecule has 0 aliphatic carbocycles. The second-order valence-corrected chi connectivity index (χ2v) is 8.57. The summed E-state index contributed by atoms with van der Waals surface area (Å²) in [7, 11) is 0. The van der Waals surface area contributed by atoms with E-state index in [-0.39, 0.29) is 24.6 Å². The molecule has 0 unspecified atom stereocenters. The fourth-order valence-electron chi connectivity index (χ4n) is 3.53. The minimum Gasteiger partial charge on any atom is -0.462 e. The number of amides is 2. The van der Waals surface area contributed by atoms with Crippen molar-refractivity contribution in [1.29, 1.82) is 0 Å². The number of rotatable bonds is 6. The number of carbonyl (C=O) groups excluding carboxylic acids is 3. The van der Waals surface area contributed by atoms with E-state index in [1.54, 1.807) is 29.5 Å². The molecule has 0 bridgehead atoms. The van der Waals surface area contributed by atoms with E-state index >= 15 is 0 Å². The lowest BCUT2D eigenvalue weighted by molar-refractivity contribution is 0.0526. The van der Waals surface area contributed by atoms with Crippen molar-refractivity contribution in [3.05, 3.63) is 33.5 Å². The third-order valence-electron chi connectivity index (χ3n) is 4.87. The van der Waals surface area contributed by atoms with E-state index < -0.39 is 5.97 Å². The van der Waals surface area contributed by atoms with Gasteiger partial charge >= 0.3 is 12.1 Å². The van der Waals surface area contributed by atoms with Crippen LogP contribution in [0.2, 0.25) is 0 Å². The molecule has 1 N–H and O–H groups in total. The predicted molar refractivity (Wildman–Crippen MR) is 117 cm³/mol. The fraction of sp³-hybridized carbons (Fsp3) is 0.524. The summed E-state index contributed by atoms with van der Waals surface area (Å²) in [6.45, 7) is 10.5. The lowest BCUT2D eigenvalue weighted by Crippen LogP contribution is -2.36. The Morgan fingerprint density at radius 1 is 1.23 bits per heavy atom. The van der Waals surface area contributed by atoms with Crippen molar-refractivity contribution in [2.24, 2.45) is 0 Å². The summed E-state index contributed by atoms with van der Waals surface area (Å²) in [5.74, 6) is -0.825. The van der Waals surface area contributed by atoms with Gasteiger partial charge in [-0.05, 0) is 52.7 Å². The fourth-order valence-corrected chi connectivity index (χ4v) is 4.77. The number of nitrogens with one attached hydrogen (secondary N) is 1. The van der Waals surface area contributed by atoms with Crippen molar-refractivity contribution >= 4 is 34.3 Å². The van der Waals surface area contributed by atoms with Crippen LogP contribution in [0, 0.1) is 6.92 Å². The Kier molecular flexibility index (Phi) is 6.99. The number of aromatic nitrogens is 2. The van der Waals surface area contributed by atoms with Gasteiger partial charge in [0.15, 0.2) is 0 Å². The highest BCUT2D eigenvalue weighted by molar-refractivity contribution is 7.17. The Morgan fingerprint density at radius 3 is 2.58 bits per heavy atom. The van der Waals surface area contributed by atoms with Crippen LogP contribution in [-0.2, 0) is 22.4 Å². The molecule has 10 heteroatoms. The van der Waals surface area contributed by atoms with E-state index in [4.69, 9.17) is 9.47 Å². The molecule has 2 aromatic rings. The normalized spacial score (nSPS) is 13.2. The van der Waals surface area contributed by atoms with Gasteiger partial charge in [-0.1, -0.05) is 0 Å². The topological polar surface area (TPSA) is 103 Å². The first-order valence-corrected chi connectivity index (χ1v) is 11.2. The Hall–Kier alpha value is -2.88. The first-order valence-electron chi connectivity index (χ1n) is 10.4. The van der Waals surface area contributed by atoms with Gasteiger partial charge in [0, 0.05) is 17.5 Å². The zero-order chi connectivity index (χ0) is 22.7. The zero-order valence-electron chi connectivity index (χ0n) is 18.5. The Balaban J connectivity index is 1.94. The SMILES string of the molecule is CCOC(=O)c1c(NC(=O)c2cc(C)nn2C(C)C)sc2c1CCN(C(=O)OCC)C2. The summed E-state index contributed by atoms with van der Waals surface area (Å²) in [5, 5.41) is 7.69. The molecule has 2 amide bonds. The smallest absolute Gasteiger partial charge is 0.410 e. The maximum Gasteiger partial charge on any atom is 0.410 e. The third-order valence-corrected chi connectivity index (χ3v) is 6.00. The lowest BCUT2D eigenvalue weighted by atomic mass is 10.0. The summed E-state index contributed by atoms with van der Waals surface area (Å²) in [5.41, 5.74) is 2.33. The minimum atomic E-state index is -0.478. The summed E-state index contributed by atoms with van der Waals surface area (Å²) >= 11 is 1.29. The second-order valence-electron chi connectivity index (χ2n) is 7.46. The van der Waals surface area contributed by atoms with Crippen LogP contribution in [0.4, 0.5) is 9.80 Å². The van der Waals surface area contributed by atoms with Gasteiger partial charge in [-0.3, -0.25) is 9.48 Å². The number of fused-ring (bicyclic) bond motifs is 1. The average molecular weight is 449 g/mol. The first-order chi connectivity index (χ1) is 14.8. The zero-order valence-corrected chi connectivity index (χ0v) is 19.3. The summed E-state index contributed by atoms with van der Waals surface area (Å²) in [6.07, 6.45) is 0.0960. The lowest BCUT2D eigenvalue weighted by Gasteiger charge is -2.26. The molecule has 31 heavy (non-hydrogen) atoms. The van der Waals surface area contributed by atoms with E-state index in [0.29, 0.717) is 42.4 Å². The molecule has 1 aliphatic heterocycles. The van der Waals surface area contributed by atoms with E-state index in [0.717, 1.165) is 16.1 Å². The number of hydrogen-bond donors (Lipinski definition) is 1. The van der Waals surface area contributed by atoms with Crippen LogP contribution < -0.4 is 5.32 Å². The highest BCUT2D eigenvalue weighted by Crippen LogP contribution is 2.38. The molecule has 0 aromatic carbocycles. The number of thiophene rings is 1. The van der Waals surface area contributed by atoms with Gasteiger partial charge in [0.05, 0.1) is 31.0 Å².